The molecule has 0 bridgehead atoms. The molecule has 4 rings (SSSR count). The molecule has 2 amide bonds. The molecular formula is C26H32N2O4. The average Bonchev–Trinajstić information content (AvgIpc) is 2.83. The first-order chi connectivity index (χ1) is 15.5. The smallest absolute Gasteiger partial charge is 0.254 e. The topological polar surface area (TPSA) is 59.1 Å². The molecule has 2 aromatic carbocycles. The van der Waals surface area contributed by atoms with Gasteiger partial charge in [-0.15, -0.1) is 0 Å². The predicted octanol–water partition coefficient (Wildman–Crippen LogP) is 4.19. The Balaban J connectivity index is 1.88. The van der Waals surface area contributed by atoms with Crippen molar-refractivity contribution in [3.05, 3.63) is 58.7 Å². The molecule has 0 N–H and O–H groups in total. The lowest BCUT2D eigenvalue weighted by atomic mass is 9.75. The summed E-state index contributed by atoms with van der Waals surface area (Å²) in [5.74, 6) is 0.912. The number of unbranched alkanes of at least 4 members (excludes halogenated alkanes) is 1. The molecule has 0 fully saturated rings. The highest BCUT2D eigenvalue weighted by molar-refractivity contribution is 6.01. The van der Waals surface area contributed by atoms with Crippen LogP contribution in [-0.4, -0.2) is 55.5 Å². The fourth-order valence-electron chi connectivity index (χ4n) is 5.09. The van der Waals surface area contributed by atoms with Crippen molar-refractivity contribution in [3.8, 4) is 11.5 Å². The zero-order valence-corrected chi connectivity index (χ0v) is 19.4. The Hall–Kier alpha value is -3.02. The first-order valence-corrected chi connectivity index (χ1v) is 11.5. The number of hydrogen-bond acceptors (Lipinski definition) is 4. The van der Waals surface area contributed by atoms with Crippen LogP contribution in [0.2, 0.25) is 0 Å². The lowest BCUT2D eigenvalue weighted by Gasteiger charge is -2.46. The fraction of sp³-hybridized carbons (Fsp3) is 0.462. The van der Waals surface area contributed by atoms with E-state index >= 15 is 0 Å². The molecule has 2 aliphatic rings. The van der Waals surface area contributed by atoms with Crippen LogP contribution < -0.4 is 9.47 Å². The number of carbonyl (C=O) groups excluding carboxylic acids is 2. The molecule has 0 aliphatic carbocycles. The van der Waals surface area contributed by atoms with E-state index in [0.29, 0.717) is 36.6 Å². The third kappa shape index (κ3) is 3.61. The molecule has 0 radical (unpaired) electrons. The van der Waals surface area contributed by atoms with E-state index in [2.05, 4.69) is 6.92 Å². The van der Waals surface area contributed by atoms with Gasteiger partial charge in [-0.05, 0) is 54.7 Å². The van der Waals surface area contributed by atoms with Gasteiger partial charge in [-0.1, -0.05) is 31.5 Å². The standard InChI is InChI=1S/C26H32N2O4/c1-5-7-13-27(6-2)26(30)23-18-10-8-9-11-19(18)25(29)28-14-12-17-15-21(31-3)22(32-4)16-20(17)24(23)28/h8-11,15-16,23-24H,5-7,12-14H2,1-4H3/t23-,24-/m0/s1. The van der Waals surface area contributed by atoms with Crippen LogP contribution in [0.25, 0.3) is 0 Å². The molecule has 0 spiro atoms. The molecule has 0 unspecified atom stereocenters. The number of hydrogen-bond donors (Lipinski definition) is 0. The Morgan fingerprint density at radius 1 is 1.09 bits per heavy atom. The van der Waals surface area contributed by atoms with Gasteiger partial charge in [0.15, 0.2) is 11.5 Å². The lowest BCUT2D eigenvalue weighted by Crippen LogP contribution is -2.51. The van der Waals surface area contributed by atoms with Gasteiger partial charge in [-0.2, -0.15) is 0 Å². The van der Waals surface area contributed by atoms with Crippen LogP contribution in [0.3, 0.4) is 0 Å². The molecule has 2 aliphatic heterocycles. The van der Waals surface area contributed by atoms with E-state index in [1.807, 2.05) is 53.1 Å². The van der Waals surface area contributed by atoms with Gasteiger partial charge in [0.05, 0.1) is 26.2 Å². The highest BCUT2D eigenvalue weighted by Crippen LogP contribution is 2.48. The van der Waals surface area contributed by atoms with E-state index in [1.165, 1.54) is 0 Å². The van der Waals surface area contributed by atoms with E-state index in [9.17, 15) is 9.59 Å². The largest absolute Gasteiger partial charge is 0.493 e. The van der Waals surface area contributed by atoms with Crippen molar-refractivity contribution in [2.45, 2.75) is 45.1 Å². The Morgan fingerprint density at radius 2 is 1.81 bits per heavy atom. The predicted molar refractivity (Wildman–Crippen MR) is 123 cm³/mol. The quantitative estimate of drug-likeness (QED) is 0.653. The molecule has 6 nitrogen and oxygen atoms in total. The van der Waals surface area contributed by atoms with E-state index in [4.69, 9.17) is 9.47 Å². The summed E-state index contributed by atoms with van der Waals surface area (Å²) in [5, 5.41) is 0. The first-order valence-electron chi connectivity index (χ1n) is 11.5. The minimum atomic E-state index is -0.446. The average molecular weight is 437 g/mol. The zero-order chi connectivity index (χ0) is 22.8. The summed E-state index contributed by atoms with van der Waals surface area (Å²) in [4.78, 5) is 31.3. The van der Waals surface area contributed by atoms with Crippen LogP contribution in [0, 0.1) is 0 Å². The second-order valence-corrected chi connectivity index (χ2v) is 8.44. The summed E-state index contributed by atoms with van der Waals surface area (Å²) < 4.78 is 11.1. The van der Waals surface area contributed by atoms with E-state index < -0.39 is 5.92 Å². The molecule has 32 heavy (non-hydrogen) atoms. The second kappa shape index (κ2) is 9.23. The maximum Gasteiger partial charge on any atom is 0.254 e. The number of rotatable bonds is 7. The van der Waals surface area contributed by atoms with Crippen LogP contribution in [0.4, 0.5) is 0 Å². The van der Waals surface area contributed by atoms with E-state index in [1.54, 1.807) is 14.2 Å². The summed E-state index contributed by atoms with van der Waals surface area (Å²) in [7, 11) is 3.23. The molecule has 2 atom stereocenters. The van der Waals surface area contributed by atoms with Gasteiger partial charge in [0.2, 0.25) is 5.91 Å². The molecule has 6 heteroatoms. The van der Waals surface area contributed by atoms with Crippen LogP contribution in [0.1, 0.15) is 65.7 Å². The van der Waals surface area contributed by atoms with Gasteiger partial charge in [0, 0.05) is 25.2 Å². The normalized spacial score (nSPS) is 19.0. The van der Waals surface area contributed by atoms with Crippen LogP contribution in [0.5, 0.6) is 11.5 Å². The van der Waals surface area contributed by atoms with Crippen LogP contribution in [-0.2, 0) is 11.2 Å². The van der Waals surface area contributed by atoms with Crippen molar-refractivity contribution >= 4 is 11.8 Å². The number of fused-ring (bicyclic) bond motifs is 4. The molecule has 2 aromatic rings. The molecule has 0 saturated heterocycles. The minimum absolute atomic E-state index is 0.00769. The maximum atomic E-state index is 14.0. The molecule has 2 heterocycles. The number of amides is 2. The van der Waals surface area contributed by atoms with Gasteiger partial charge in [-0.3, -0.25) is 9.59 Å². The Kier molecular flexibility index (Phi) is 6.40. The number of carbonyl (C=O) groups is 2. The molecule has 0 saturated carbocycles. The van der Waals surface area contributed by atoms with Crippen molar-refractivity contribution in [1.82, 2.24) is 9.80 Å². The van der Waals surface area contributed by atoms with Gasteiger partial charge in [0.25, 0.3) is 5.91 Å². The summed E-state index contributed by atoms with van der Waals surface area (Å²) in [5.41, 5.74) is 3.53. The minimum Gasteiger partial charge on any atom is -0.493 e. The third-order valence-corrected chi connectivity index (χ3v) is 6.77. The van der Waals surface area contributed by atoms with Crippen molar-refractivity contribution in [3.63, 3.8) is 0 Å². The van der Waals surface area contributed by atoms with Gasteiger partial charge < -0.3 is 19.3 Å². The first kappa shape index (κ1) is 22.2. The Labute approximate surface area is 190 Å². The van der Waals surface area contributed by atoms with Crippen molar-refractivity contribution < 1.29 is 19.1 Å². The van der Waals surface area contributed by atoms with Crippen molar-refractivity contribution in [2.75, 3.05) is 33.9 Å². The van der Waals surface area contributed by atoms with Gasteiger partial charge in [0.1, 0.15) is 0 Å². The van der Waals surface area contributed by atoms with Crippen LogP contribution in [0.15, 0.2) is 36.4 Å². The number of methoxy groups -OCH3 is 2. The third-order valence-electron chi connectivity index (χ3n) is 6.77. The van der Waals surface area contributed by atoms with Crippen molar-refractivity contribution in [1.29, 1.82) is 0 Å². The number of nitrogens with zero attached hydrogens (tertiary/aromatic N) is 2. The number of ether oxygens (including phenoxy) is 2. The maximum absolute atomic E-state index is 14.0. The molecule has 0 aromatic heterocycles. The van der Waals surface area contributed by atoms with E-state index in [-0.39, 0.29) is 17.9 Å². The van der Waals surface area contributed by atoms with Crippen molar-refractivity contribution in [2.24, 2.45) is 0 Å². The Morgan fingerprint density at radius 3 is 2.50 bits per heavy atom. The van der Waals surface area contributed by atoms with E-state index in [0.717, 1.165) is 36.1 Å². The van der Waals surface area contributed by atoms with Crippen LogP contribution >= 0.6 is 0 Å². The summed E-state index contributed by atoms with van der Waals surface area (Å²) in [6, 6.07) is 11.2. The summed E-state index contributed by atoms with van der Waals surface area (Å²) >= 11 is 0. The molecule has 170 valence electrons. The number of likely N-dealkylation sites (N-methyl/N-ethyl adjacent to an activating group) is 1. The number of benzene rings is 2. The monoisotopic (exact) mass is 436 g/mol. The summed E-state index contributed by atoms with van der Waals surface area (Å²) in [6.45, 7) is 6.10. The highest BCUT2D eigenvalue weighted by atomic mass is 16.5. The fourth-order valence-corrected chi connectivity index (χ4v) is 5.09. The lowest BCUT2D eigenvalue weighted by molar-refractivity contribution is -0.134. The SMILES string of the molecule is CCCCN(CC)C(=O)[C@H]1c2ccccc2C(=O)N2CCc3cc(OC)c(OC)cc3[C@@H]12. The van der Waals surface area contributed by atoms with Gasteiger partial charge in [-0.25, -0.2) is 0 Å². The summed E-state index contributed by atoms with van der Waals surface area (Å²) in [6.07, 6.45) is 2.70. The second-order valence-electron chi connectivity index (χ2n) is 8.44. The highest BCUT2D eigenvalue weighted by Gasteiger charge is 2.47. The molecular weight excluding hydrogens is 404 g/mol. The Bertz CT molecular complexity index is 1020. The zero-order valence-electron chi connectivity index (χ0n) is 19.4. The van der Waals surface area contributed by atoms with Gasteiger partial charge >= 0.3 is 0 Å².